The zero-order chi connectivity index (χ0) is 11.3. The average molecular weight is 212 g/mol. The summed E-state index contributed by atoms with van der Waals surface area (Å²) in [5, 5.41) is 3.07. The average Bonchev–Trinajstić information content (AvgIpc) is 2.42. The minimum atomic E-state index is 0.107. The van der Waals surface area contributed by atoms with Crippen LogP contribution in [-0.4, -0.2) is 37.0 Å². The maximum atomic E-state index is 12.1. The molecule has 1 rings (SSSR count). The van der Waals surface area contributed by atoms with E-state index in [0.717, 1.165) is 19.5 Å². The molecule has 0 aliphatic carbocycles. The maximum Gasteiger partial charge on any atom is 0.226 e. The van der Waals surface area contributed by atoms with Crippen LogP contribution >= 0.6 is 0 Å². The third-order valence-corrected chi connectivity index (χ3v) is 3.27. The smallest absolute Gasteiger partial charge is 0.226 e. The van der Waals surface area contributed by atoms with E-state index in [1.807, 2.05) is 14.0 Å². The second-order valence-corrected chi connectivity index (χ2v) is 4.69. The van der Waals surface area contributed by atoms with Crippen molar-refractivity contribution in [1.29, 1.82) is 0 Å². The molecule has 0 spiro atoms. The predicted molar refractivity (Wildman–Crippen MR) is 62.7 cm³/mol. The van der Waals surface area contributed by atoms with Gasteiger partial charge in [0, 0.05) is 25.0 Å². The lowest BCUT2D eigenvalue weighted by Gasteiger charge is -2.29. The molecule has 2 unspecified atom stereocenters. The Kier molecular flexibility index (Phi) is 5.09. The summed E-state index contributed by atoms with van der Waals surface area (Å²) in [6.45, 7) is 5.92. The monoisotopic (exact) mass is 212 g/mol. The molecule has 1 saturated heterocycles. The fraction of sp³-hybridized carbons (Fsp3) is 0.917. The van der Waals surface area contributed by atoms with Gasteiger partial charge < -0.3 is 10.2 Å². The van der Waals surface area contributed by atoms with Crippen molar-refractivity contribution >= 4 is 5.91 Å². The second kappa shape index (κ2) is 6.11. The van der Waals surface area contributed by atoms with Crippen LogP contribution < -0.4 is 5.32 Å². The van der Waals surface area contributed by atoms with Gasteiger partial charge in [0.2, 0.25) is 5.91 Å². The minimum Gasteiger partial charge on any atom is -0.340 e. The van der Waals surface area contributed by atoms with Gasteiger partial charge in [-0.05, 0) is 26.8 Å². The Morgan fingerprint density at radius 3 is 2.87 bits per heavy atom. The molecule has 2 atom stereocenters. The first-order chi connectivity index (χ1) is 7.16. The first-order valence-electron chi connectivity index (χ1n) is 6.12. The number of amides is 1. The van der Waals surface area contributed by atoms with Crippen molar-refractivity contribution in [2.45, 2.75) is 45.6 Å². The van der Waals surface area contributed by atoms with E-state index in [1.54, 1.807) is 0 Å². The number of hydrogen-bond donors (Lipinski definition) is 1. The van der Waals surface area contributed by atoms with Gasteiger partial charge in [0.25, 0.3) is 0 Å². The van der Waals surface area contributed by atoms with E-state index in [9.17, 15) is 4.79 Å². The Bertz CT molecular complexity index is 206. The Morgan fingerprint density at radius 2 is 2.20 bits per heavy atom. The van der Waals surface area contributed by atoms with Crippen LogP contribution in [0, 0.1) is 5.92 Å². The number of nitrogens with zero attached hydrogens (tertiary/aromatic N) is 1. The van der Waals surface area contributed by atoms with Crippen molar-refractivity contribution in [3.05, 3.63) is 0 Å². The number of hydrogen-bond acceptors (Lipinski definition) is 2. The van der Waals surface area contributed by atoms with E-state index in [4.69, 9.17) is 0 Å². The minimum absolute atomic E-state index is 0.107. The van der Waals surface area contributed by atoms with Crippen molar-refractivity contribution in [1.82, 2.24) is 10.2 Å². The summed E-state index contributed by atoms with van der Waals surface area (Å²) in [4.78, 5) is 14.2. The van der Waals surface area contributed by atoms with Crippen molar-refractivity contribution in [3.63, 3.8) is 0 Å². The third-order valence-electron chi connectivity index (χ3n) is 3.27. The van der Waals surface area contributed by atoms with Gasteiger partial charge in [-0.25, -0.2) is 0 Å². The standard InChI is InChI=1S/C12H24N2O/c1-10(9-13-3)12(15)14-8-6-4-5-7-11(14)2/h10-11,13H,4-9H2,1-3H3. The summed E-state index contributed by atoms with van der Waals surface area (Å²) in [6, 6.07) is 0.430. The topological polar surface area (TPSA) is 32.3 Å². The summed E-state index contributed by atoms with van der Waals surface area (Å²) in [5.41, 5.74) is 0. The Balaban J connectivity index is 2.55. The highest BCUT2D eigenvalue weighted by Gasteiger charge is 2.25. The highest BCUT2D eigenvalue weighted by molar-refractivity contribution is 5.79. The van der Waals surface area contributed by atoms with Gasteiger partial charge in [0.05, 0.1) is 0 Å². The van der Waals surface area contributed by atoms with Crippen molar-refractivity contribution in [3.8, 4) is 0 Å². The zero-order valence-electron chi connectivity index (χ0n) is 10.3. The second-order valence-electron chi connectivity index (χ2n) is 4.69. The normalized spacial score (nSPS) is 24.7. The van der Waals surface area contributed by atoms with Gasteiger partial charge in [0.15, 0.2) is 0 Å². The van der Waals surface area contributed by atoms with E-state index in [1.165, 1.54) is 19.3 Å². The van der Waals surface area contributed by atoms with Crippen LogP contribution in [0.2, 0.25) is 0 Å². The molecule has 1 N–H and O–H groups in total. The van der Waals surface area contributed by atoms with E-state index in [2.05, 4.69) is 17.1 Å². The van der Waals surface area contributed by atoms with Gasteiger partial charge in [-0.15, -0.1) is 0 Å². The molecule has 1 amide bonds. The highest BCUT2D eigenvalue weighted by Crippen LogP contribution is 2.18. The molecule has 0 radical (unpaired) electrons. The number of carbonyl (C=O) groups excluding carboxylic acids is 1. The lowest BCUT2D eigenvalue weighted by Crippen LogP contribution is -2.43. The summed E-state index contributed by atoms with van der Waals surface area (Å²) >= 11 is 0. The number of nitrogens with one attached hydrogen (secondary N) is 1. The Hall–Kier alpha value is -0.570. The van der Waals surface area contributed by atoms with Crippen LogP contribution in [-0.2, 0) is 4.79 Å². The van der Waals surface area contributed by atoms with Crippen LogP contribution in [0.15, 0.2) is 0 Å². The highest BCUT2D eigenvalue weighted by atomic mass is 16.2. The molecule has 1 aliphatic rings. The molecule has 88 valence electrons. The molecule has 15 heavy (non-hydrogen) atoms. The van der Waals surface area contributed by atoms with E-state index in [0.29, 0.717) is 11.9 Å². The third kappa shape index (κ3) is 3.49. The molecule has 3 heteroatoms. The van der Waals surface area contributed by atoms with Crippen LogP contribution in [0.3, 0.4) is 0 Å². The molecule has 0 bridgehead atoms. The van der Waals surface area contributed by atoms with Gasteiger partial charge in [-0.1, -0.05) is 19.8 Å². The lowest BCUT2D eigenvalue weighted by molar-refractivity contribution is -0.136. The first-order valence-corrected chi connectivity index (χ1v) is 6.12. The predicted octanol–water partition coefficient (Wildman–Crippen LogP) is 1.63. The van der Waals surface area contributed by atoms with Crippen LogP contribution in [0.4, 0.5) is 0 Å². The molecule has 1 fully saturated rings. The van der Waals surface area contributed by atoms with Gasteiger partial charge in [0.1, 0.15) is 0 Å². The molecule has 0 aromatic carbocycles. The number of likely N-dealkylation sites (tertiary alicyclic amines) is 1. The summed E-state index contributed by atoms with van der Waals surface area (Å²) in [5.74, 6) is 0.425. The summed E-state index contributed by atoms with van der Waals surface area (Å²) in [6.07, 6.45) is 4.88. The lowest BCUT2D eigenvalue weighted by atomic mass is 10.1. The van der Waals surface area contributed by atoms with E-state index in [-0.39, 0.29) is 5.92 Å². The quantitative estimate of drug-likeness (QED) is 0.771. The van der Waals surface area contributed by atoms with Crippen molar-refractivity contribution in [2.24, 2.45) is 5.92 Å². The van der Waals surface area contributed by atoms with Crippen LogP contribution in [0.25, 0.3) is 0 Å². The van der Waals surface area contributed by atoms with E-state index < -0.39 is 0 Å². The molecule has 1 heterocycles. The Morgan fingerprint density at radius 1 is 1.47 bits per heavy atom. The first kappa shape index (κ1) is 12.5. The molecule has 0 aromatic rings. The summed E-state index contributed by atoms with van der Waals surface area (Å²) < 4.78 is 0. The molecular formula is C12H24N2O. The van der Waals surface area contributed by atoms with Crippen LogP contribution in [0.5, 0.6) is 0 Å². The number of carbonyl (C=O) groups is 1. The van der Waals surface area contributed by atoms with E-state index >= 15 is 0 Å². The molecular weight excluding hydrogens is 188 g/mol. The fourth-order valence-electron chi connectivity index (χ4n) is 2.28. The Labute approximate surface area is 93.2 Å². The van der Waals surface area contributed by atoms with Crippen molar-refractivity contribution < 1.29 is 4.79 Å². The zero-order valence-corrected chi connectivity index (χ0v) is 10.3. The fourth-order valence-corrected chi connectivity index (χ4v) is 2.28. The number of rotatable bonds is 3. The maximum absolute atomic E-state index is 12.1. The largest absolute Gasteiger partial charge is 0.340 e. The van der Waals surface area contributed by atoms with Gasteiger partial charge in [-0.2, -0.15) is 0 Å². The summed E-state index contributed by atoms with van der Waals surface area (Å²) in [7, 11) is 1.90. The molecule has 0 aromatic heterocycles. The van der Waals surface area contributed by atoms with Crippen LogP contribution in [0.1, 0.15) is 39.5 Å². The molecule has 0 saturated carbocycles. The van der Waals surface area contributed by atoms with Gasteiger partial charge >= 0.3 is 0 Å². The molecule has 3 nitrogen and oxygen atoms in total. The van der Waals surface area contributed by atoms with Crippen molar-refractivity contribution in [2.75, 3.05) is 20.1 Å². The SMILES string of the molecule is CNCC(C)C(=O)N1CCCCCC1C. The molecule has 1 aliphatic heterocycles. The van der Waals surface area contributed by atoms with Gasteiger partial charge in [-0.3, -0.25) is 4.79 Å².